The first-order valence-corrected chi connectivity index (χ1v) is 6.59. The second-order valence-electron chi connectivity index (χ2n) is 4.03. The molecule has 1 aliphatic heterocycles. The largest absolute Gasteiger partial charge is 0.497 e. The average Bonchev–Trinajstić information content (AvgIpc) is 2.98. The molecular formula is C13H14N2O2S. The van der Waals surface area contributed by atoms with Crippen LogP contribution in [-0.2, 0) is 6.42 Å². The van der Waals surface area contributed by atoms with Gasteiger partial charge in [0.15, 0.2) is 0 Å². The van der Waals surface area contributed by atoms with Crippen LogP contribution in [0.2, 0.25) is 0 Å². The summed E-state index contributed by atoms with van der Waals surface area (Å²) < 4.78 is 10.6. The maximum absolute atomic E-state index is 5.41. The van der Waals surface area contributed by atoms with Crippen LogP contribution in [-0.4, -0.2) is 25.7 Å². The monoisotopic (exact) mass is 262 g/mol. The van der Waals surface area contributed by atoms with Crippen LogP contribution in [0.25, 0.3) is 10.6 Å². The van der Waals surface area contributed by atoms with Crippen molar-refractivity contribution in [1.82, 2.24) is 4.98 Å². The van der Waals surface area contributed by atoms with E-state index in [0.717, 1.165) is 40.9 Å². The molecule has 2 heterocycles. The molecule has 0 aliphatic carbocycles. The van der Waals surface area contributed by atoms with E-state index in [-0.39, 0.29) is 0 Å². The molecule has 0 unspecified atom stereocenters. The Morgan fingerprint density at radius 1 is 1.28 bits per heavy atom. The SMILES string of the molecule is COc1ccc(-c2nc3c(s2)CCN3)c(OC)c1. The minimum Gasteiger partial charge on any atom is -0.497 e. The van der Waals surface area contributed by atoms with E-state index < -0.39 is 0 Å². The highest BCUT2D eigenvalue weighted by atomic mass is 32.1. The third-order valence-electron chi connectivity index (χ3n) is 2.98. The van der Waals surface area contributed by atoms with Crippen molar-refractivity contribution < 1.29 is 9.47 Å². The first kappa shape index (κ1) is 11.3. The number of rotatable bonds is 3. The lowest BCUT2D eigenvalue weighted by Crippen LogP contribution is -1.94. The maximum atomic E-state index is 5.41. The molecule has 0 bridgehead atoms. The number of nitrogens with one attached hydrogen (secondary N) is 1. The molecule has 0 atom stereocenters. The predicted octanol–water partition coefficient (Wildman–Crippen LogP) is 2.80. The van der Waals surface area contributed by atoms with Crippen LogP contribution in [0.1, 0.15) is 4.88 Å². The van der Waals surface area contributed by atoms with Gasteiger partial charge in [0.05, 0.1) is 24.7 Å². The van der Waals surface area contributed by atoms with Crippen molar-refractivity contribution in [2.45, 2.75) is 6.42 Å². The first-order valence-electron chi connectivity index (χ1n) is 5.78. The van der Waals surface area contributed by atoms with Gasteiger partial charge in [-0.05, 0) is 12.1 Å². The summed E-state index contributed by atoms with van der Waals surface area (Å²) in [5.74, 6) is 2.60. The number of nitrogens with zero attached hydrogens (tertiary/aromatic N) is 1. The van der Waals surface area contributed by atoms with Crippen LogP contribution in [0.15, 0.2) is 18.2 Å². The number of ether oxygens (including phenoxy) is 2. The van der Waals surface area contributed by atoms with E-state index >= 15 is 0 Å². The second kappa shape index (κ2) is 4.49. The van der Waals surface area contributed by atoms with Crippen molar-refractivity contribution >= 4 is 17.2 Å². The van der Waals surface area contributed by atoms with Gasteiger partial charge >= 0.3 is 0 Å². The van der Waals surface area contributed by atoms with E-state index in [4.69, 9.17) is 9.47 Å². The quantitative estimate of drug-likeness (QED) is 0.923. The molecular weight excluding hydrogens is 248 g/mol. The van der Waals surface area contributed by atoms with E-state index in [2.05, 4.69) is 10.3 Å². The Hall–Kier alpha value is -1.75. The Bertz CT molecular complexity index is 559. The van der Waals surface area contributed by atoms with E-state index in [1.165, 1.54) is 4.88 Å². The summed E-state index contributed by atoms with van der Waals surface area (Å²) in [6.07, 6.45) is 1.06. The number of fused-ring (bicyclic) bond motifs is 1. The molecule has 5 heteroatoms. The van der Waals surface area contributed by atoms with Gasteiger partial charge < -0.3 is 14.8 Å². The molecule has 0 fully saturated rings. The summed E-state index contributed by atoms with van der Waals surface area (Å²) >= 11 is 1.72. The van der Waals surface area contributed by atoms with Gasteiger partial charge in [0.25, 0.3) is 0 Å². The van der Waals surface area contributed by atoms with Crippen molar-refractivity contribution in [3.63, 3.8) is 0 Å². The summed E-state index contributed by atoms with van der Waals surface area (Å²) in [6, 6.07) is 5.80. The Kier molecular flexibility index (Phi) is 2.83. The lowest BCUT2D eigenvalue weighted by molar-refractivity contribution is 0.395. The molecule has 0 spiro atoms. The fraction of sp³-hybridized carbons (Fsp3) is 0.308. The van der Waals surface area contributed by atoms with Gasteiger partial charge in [-0.1, -0.05) is 0 Å². The Morgan fingerprint density at radius 2 is 2.17 bits per heavy atom. The molecule has 0 saturated carbocycles. The van der Waals surface area contributed by atoms with E-state index in [9.17, 15) is 0 Å². The van der Waals surface area contributed by atoms with Gasteiger partial charge in [0.2, 0.25) is 0 Å². The molecule has 94 valence electrons. The predicted molar refractivity (Wildman–Crippen MR) is 72.8 cm³/mol. The van der Waals surface area contributed by atoms with Crippen molar-refractivity contribution in [1.29, 1.82) is 0 Å². The van der Waals surface area contributed by atoms with Gasteiger partial charge in [0, 0.05) is 19.0 Å². The average molecular weight is 262 g/mol. The molecule has 4 nitrogen and oxygen atoms in total. The maximum Gasteiger partial charge on any atom is 0.141 e. The molecule has 18 heavy (non-hydrogen) atoms. The fourth-order valence-corrected chi connectivity index (χ4v) is 3.11. The van der Waals surface area contributed by atoms with Gasteiger partial charge in [-0.2, -0.15) is 0 Å². The lowest BCUT2D eigenvalue weighted by Gasteiger charge is -2.08. The summed E-state index contributed by atoms with van der Waals surface area (Å²) in [4.78, 5) is 5.93. The molecule has 3 rings (SSSR count). The van der Waals surface area contributed by atoms with E-state index in [0.29, 0.717) is 0 Å². The highest BCUT2D eigenvalue weighted by Crippen LogP contribution is 2.39. The summed E-state index contributed by atoms with van der Waals surface area (Å²) in [5, 5.41) is 4.28. The lowest BCUT2D eigenvalue weighted by atomic mass is 10.2. The van der Waals surface area contributed by atoms with Crippen LogP contribution in [0, 0.1) is 0 Å². The van der Waals surface area contributed by atoms with Gasteiger partial charge in [-0.25, -0.2) is 4.98 Å². The molecule has 1 aliphatic rings. The minimum absolute atomic E-state index is 0.790. The third kappa shape index (κ3) is 1.80. The van der Waals surface area contributed by atoms with E-state index in [1.54, 1.807) is 25.6 Å². The minimum atomic E-state index is 0.790. The zero-order valence-electron chi connectivity index (χ0n) is 10.3. The van der Waals surface area contributed by atoms with E-state index in [1.807, 2.05) is 18.2 Å². The number of benzene rings is 1. The van der Waals surface area contributed by atoms with Crippen LogP contribution >= 0.6 is 11.3 Å². The number of hydrogen-bond donors (Lipinski definition) is 1. The van der Waals surface area contributed by atoms with Crippen molar-refractivity contribution in [3.8, 4) is 22.1 Å². The first-order chi connectivity index (χ1) is 8.81. The smallest absolute Gasteiger partial charge is 0.141 e. The van der Waals surface area contributed by atoms with Gasteiger partial charge in [-0.3, -0.25) is 0 Å². The highest BCUT2D eigenvalue weighted by Gasteiger charge is 2.19. The topological polar surface area (TPSA) is 43.4 Å². The number of hydrogen-bond acceptors (Lipinski definition) is 5. The van der Waals surface area contributed by atoms with Crippen LogP contribution in [0.3, 0.4) is 0 Å². The molecule has 1 aromatic carbocycles. The molecule has 0 amide bonds. The normalized spacial score (nSPS) is 13.0. The Morgan fingerprint density at radius 3 is 2.89 bits per heavy atom. The molecule has 0 radical (unpaired) electrons. The van der Waals surface area contributed by atoms with Crippen molar-refractivity contribution in [3.05, 3.63) is 23.1 Å². The zero-order valence-corrected chi connectivity index (χ0v) is 11.1. The number of anilines is 1. The number of aromatic nitrogens is 1. The molecule has 2 aromatic rings. The summed E-state index contributed by atoms with van der Waals surface area (Å²) in [7, 11) is 3.31. The standard InChI is InChI=1S/C13H14N2O2S/c1-16-8-3-4-9(10(7-8)17-2)13-15-12-11(18-13)5-6-14-12/h3-4,7,14H,5-6H2,1-2H3. The van der Waals surface area contributed by atoms with Crippen molar-refractivity contribution in [2.24, 2.45) is 0 Å². The zero-order chi connectivity index (χ0) is 12.5. The summed E-state index contributed by atoms with van der Waals surface area (Å²) in [5.41, 5.74) is 1.01. The number of thiazole rings is 1. The van der Waals surface area contributed by atoms with Crippen LogP contribution in [0.5, 0.6) is 11.5 Å². The fourth-order valence-electron chi connectivity index (χ4n) is 2.04. The highest BCUT2D eigenvalue weighted by molar-refractivity contribution is 7.15. The molecule has 0 saturated heterocycles. The van der Waals surface area contributed by atoms with Crippen LogP contribution in [0.4, 0.5) is 5.82 Å². The number of methoxy groups -OCH3 is 2. The molecule has 1 N–H and O–H groups in total. The van der Waals surface area contributed by atoms with Crippen LogP contribution < -0.4 is 14.8 Å². The third-order valence-corrected chi connectivity index (χ3v) is 4.13. The second-order valence-corrected chi connectivity index (χ2v) is 5.12. The molecule has 1 aromatic heterocycles. The summed E-state index contributed by atoms with van der Waals surface area (Å²) in [6.45, 7) is 0.994. The Balaban J connectivity index is 2.04. The Labute approximate surface area is 110 Å². The van der Waals surface area contributed by atoms with Gasteiger partial charge in [0.1, 0.15) is 22.3 Å². The van der Waals surface area contributed by atoms with Crippen molar-refractivity contribution in [2.75, 3.05) is 26.1 Å². The van der Waals surface area contributed by atoms with Gasteiger partial charge in [-0.15, -0.1) is 11.3 Å².